The van der Waals surface area contributed by atoms with Gasteiger partial charge < -0.3 is 9.88 Å². The summed E-state index contributed by atoms with van der Waals surface area (Å²) in [6.07, 6.45) is 0. The first-order chi connectivity index (χ1) is 15.6. The molecule has 0 saturated carbocycles. The van der Waals surface area contributed by atoms with E-state index in [1.807, 2.05) is 79.7 Å². The molecule has 2 atom stereocenters. The fraction of sp³-hybridized carbons (Fsp3) is 0.154. The molecule has 6 nitrogen and oxygen atoms in total. The molecule has 0 fully saturated rings. The zero-order valence-electron chi connectivity index (χ0n) is 17.9. The van der Waals surface area contributed by atoms with Crippen LogP contribution < -0.4 is 10.9 Å². The van der Waals surface area contributed by atoms with Crippen LogP contribution in [0.5, 0.6) is 0 Å². The van der Waals surface area contributed by atoms with Gasteiger partial charge in [0, 0.05) is 27.7 Å². The van der Waals surface area contributed by atoms with Gasteiger partial charge in [-0.15, -0.1) is 0 Å². The minimum Gasteiger partial charge on any atom is -0.358 e. The van der Waals surface area contributed by atoms with E-state index in [0.29, 0.717) is 5.56 Å². The minimum atomic E-state index is -0.691. The molecule has 3 N–H and O–H groups in total. The first kappa shape index (κ1) is 19.9. The maximum Gasteiger partial charge on any atom is 0.260 e. The van der Waals surface area contributed by atoms with Crippen LogP contribution in [0.25, 0.3) is 10.9 Å². The molecule has 2 amide bonds. The number of amides is 2. The van der Waals surface area contributed by atoms with E-state index >= 15 is 0 Å². The van der Waals surface area contributed by atoms with Gasteiger partial charge in [-0.3, -0.25) is 20.4 Å². The number of benzene rings is 3. The van der Waals surface area contributed by atoms with Crippen molar-refractivity contribution in [2.75, 3.05) is 5.43 Å². The van der Waals surface area contributed by atoms with Crippen LogP contribution in [0.1, 0.15) is 40.1 Å². The minimum absolute atomic E-state index is 0.141. The van der Waals surface area contributed by atoms with Crippen LogP contribution in [-0.2, 0) is 4.79 Å². The number of fused-ring (bicyclic) bond motifs is 2. The predicted molar refractivity (Wildman–Crippen MR) is 125 cm³/mol. The Morgan fingerprint density at radius 3 is 2.47 bits per heavy atom. The number of nitrogens with zero attached hydrogens (tertiary/aromatic N) is 1. The van der Waals surface area contributed by atoms with Gasteiger partial charge in [0.1, 0.15) is 6.04 Å². The van der Waals surface area contributed by atoms with Gasteiger partial charge in [-0.1, -0.05) is 54.6 Å². The van der Waals surface area contributed by atoms with Crippen molar-refractivity contribution in [3.63, 3.8) is 0 Å². The number of H-pyrrole nitrogens is 1. The molecule has 0 spiro atoms. The third kappa shape index (κ3) is 3.21. The monoisotopic (exact) mass is 424 g/mol. The van der Waals surface area contributed by atoms with Gasteiger partial charge in [-0.05, 0) is 43.7 Å². The SMILES string of the molecule is Cc1[nH]c2ccccc2c1C1c2ccccc2C(=O)N1C(C)C(=O)NNc1ccccc1. The van der Waals surface area contributed by atoms with E-state index < -0.39 is 6.04 Å². The Bertz CT molecular complexity index is 1310. The lowest BCUT2D eigenvalue weighted by atomic mass is 9.95. The van der Waals surface area contributed by atoms with Crippen LogP contribution in [0.2, 0.25) is 0 Å². The van der Waals surface area contributed by atoms with Gasteiger partial charge in [0.05, 0.1) is 11.7 Å². The number of nitrogens with one attached hydrogen (secondary N) is 3. The summed E-state index contributed by atoms with van der Waals surface area (Å²) in [5, 5.41) is 1.06. The van der Waals surface area contributed by atoms with Crippen molar-refractivity contribution in [1.29, 1.82) is 0 Å². The lowest BCUT2D eigenvalue weighted by Gasteiger charge is -2.31. The van der Waals surface area contributed by atoms with E-state index in [-0.39, 0.29) is 17.9 Å². The molecule has 1 aliphatic heterocycles. The fourth-order valence-corrected chi connectivity index (χ4v) is 4.57. The highest BCUT2D eigenvalue weighted by molar-refractivity contribution is 6.03. The quantitative estimate of drug-likeness (QED) is 0.411. The molecule has 0 aliphatic carbocycles. The molecule has 4 aromatic rings. The molecule has 0 radical (unpaired) electrons. The van der Waals surface area contributed by atoms with Crippen molar-refractivity contribution in [3.8, 4) is 0 Å². The van der Waals surface area contributed by atoms with E-state index in [0.717, 1.165) is 33.4 Å². The molecule has 2 heterocycles. The highest BCUT2D eigenvalue weighted by Gasteiger charge is 2.43. The normalized spacial score (nSPS) is 16.1. The molecule has 32 heavy (non-hydrogen) atoms. The zero-order valence-corrected chi connectivity index (χ0v) is 17.9. The second kappa shape index (κ2) is 7.89. The molecule has 3 aromatic carbocycles. The van der Waals surface area contributed by atoms with E-state index in [2.05, 4.69) is 21.9 Å². The van der Waals surface area contributed by atoms with E-state index in [4.69, 9.17) is 0 Å². The Balaban J connectivity index is 1.53. The summed E-state index contributed by atoms with van der Waals surface area (Å²) in [5.74, 6) is -0.421. The maximum absolute atomic E-state index is 13.5. The molecule has 1 aromatic heterocycles. The van der Waals surface area contributed by atoms with Crippen molar-refractivity contribution in [2.45, 2.75) is 25.9 Å². The van der Waals surface area contributed by atoms with Gasteiger partial charge in [0.2, 0.25) is 0 Å². The average molecular weight is 425 g/mol. The van der Waals surface area contributed by atoms with Gasteiger partial charge in [0.15, 0.2) is 0 Å². The summed E-state index contributed by atoms with van der Waals surface area (Å²) >= 11 is 0. The summed E-state index contributed by atoms with van der Waals surface area (Å²) in [6, 6.07) is 24.0. The Morgan fingerprint density at radius 1 is 0.969 bits per heavy atom. The third-order valence-electron chi connectivity index (χ3n) is 6.12. The van der Waals surface area contributed by atoms with Gasteiger partial charge in [-0.2, -0.15) is 0 Å². The van der Waals surface area contributed by atoms with Crippen LogP contribution in [0.3, 0.4) is 0 Å². The first-order valence-corrected chi connectivity index (χ1v) is 10.7. The number of anilines is 1. The topological polar surface area (TPSA) is 77.2 Å². The fourth-order valence-electron chi connectivity index (χ4n) is 4.57. The average Bonchev–Trinajstić information content (AvgIpc) is 3.30. The highest BCUT2D eigenvalue weighted by atomic mass is 16.2. The van der Waals surface area contributed by atoms with Gasteiger partial charge in [0.25, 0.3) is 11.8 Å². The number of rotatable bonds is 5. The number of aryl methyl sites for hydroxylation is 1. The lowest BCUT2D eigenvalue weighted by Crippen LogP contribution is -2.48. The largest absolute Gasteiger partial charge is 0.358 e. The molecule has 0 saturated heterocycles. The van der Waals surface area contributed by atoms with Crippen molar-refractivity contribution in [2.24, 2.45) is 0 Å². The molecule has 160 valence electrons. The summed E-state index contributed by atoms with van der Waals surface area (Å²) in [6.45, 7) is 3.78. The predicted octanol–water partition coefficient (Wildman–Crippen LogP) is 4.55. The number of carbonyl (C=O) groups excluding carboxylic acids is 2. The Morgan fingerprint density at radius 2 is 1.66 bits per heavy atom. The molecule has 5 rings (SSSR count). The van der Waals surface area contributed by atoms with E-state index in [9.17, 15) is 9.59 Å². The van der Waals surface area contributed by atoms with Crippen LogP contribution >= 0.6 is 0 Å². The van der Waals surface area contributed by atoms with E-state index in [1.165, 1.54) is 0 Å². The summed E-state index contributed by atoms with van der Waals surface area (Å²) in [4.78, 5) is 31.7. The van der Waals surface area contributed by atoms with Crippen molar-refractivity contribution < 1.29 is 9.59 Å². The Hall–Kier alpha value is -4.06. The van der Waals surface area contributed by atoms with Crippen LogP contribution in [0.4, 0.5) is 5.69 Å². The first-order valence-electron chi connectivity index (χ1n) is 10.7. The standard InChI is InChI=1S/C26H24N4O2/c1-16-23(21-14-8-9-15-22(21)27-16)24-19-12-6-7-13-20(19)26(32)30(24)17(2)25(31)29-28-18-10-4-3-5-11-18/h3-15,17,24,27-28H,1-2H3,(H,29,31). The second-order valence-electron chi connectivity index (χ2n) is 8.07. The van der Waals surface area contributed by atoms with Crippen LogP contribution in [0.15, 0.2) is 78.9 Å². The molecular weight excluding hydrogens is 400 g/mol. The summed E-state index contributed by atoms with van der Waals surface area (Å²) < 4.78 is 0. The number of hydrogen-bond acceptors (Lipinski definition) is 3. The van der Waals surface area contributed by atoms with Crippen LogP contribution in [0, 0.1) is 6.92 Å². The number of carbonyl (C=O) groups is 2. The lowest BCUT2D eigenvalue weighted by molar-refractivity contribution is -0.125. The number of para-hydroxylation sites is 2. The Kier molecular flexibility index (Phi) is 4.90. The summed E-state index contributed by atoms with van der Waals surface area (Å²) in [5.41, 5.74) is 11.0. The van der Waals surface area contributed by atoms with Crippen LogP contribution in [-0.4, -0.2) is 27.7 Å². The van der Waals surface area contributed by atoms with Crippen molar-refractivity contribution in [3.05, 3.63) is 101 Å². The smallest absolute Gasteiger partial charge is 0.260 e. The van der Waals surface area contributed by atoms with Gasteiger partial charge in [-0.25, -0.2) is 0 Å². The third-order valence-corrected chi connectivity index (χ3v) is 6.12. The molecule has 2 unspecified atom stereocenters. The second-order valence-corrected chi connectivity index (χ2v) is 8.07. The van der Waals surface area contributed by atoms with E-state index in [1.54, 1.807) is 11.8 Å². The highest BCUT2D eigenvalue weighted by Crippen LogP contribution is 2.43. The maximum atomic E-state index is 13.5. The molecule has 0 bridgehead atoms. The number of hydrazine groups is 1. The van der Waals surface area contributed by atoms with Crippen molar-refractivity contribution >= 4 is 28.4 Å². The zero-order chi connectivity index (χ0) is 22.2. The number of aromatic amines is 1. The number of hydrogen-bond donors (Lipinski definition) is 3. The Labute approximate surface area is 186 Å². The number of aromatic nitrogens is 1. The molecular formula is C26H24N4O2. The van der Waals surface area contributed by atoms with Gasteiger partial charge >= 0.3 is 0 Å². The molecule has 1 aliphatic rings. The summed E-state index contributed by atoms with van der Waals surface area (Å²) in [7, 11) is 0. The molecule has 6 heteroatoms. The van der Waals surface area contributed by atoms with Crippen molar-refractivity contribution in [1.82, 2.24) is 15.3 Å².